The highest BCUT2D eigenvalue weighted by Crippen LogP contribution is 2.25. The molecule has 0 aliphatic carbocycles. The van der Waals surface area contributed by atoms with Crippen LogP contribution in [0.1, 0.15) is 19.4 Å². The van der Waals surface area contributed by atoms with Crippen molar-refractivity contribution in [2.24, 2.45) is 10.9 Å². The molecule has 3 rings (SSSR count). The molecule has 1 aromatic heterocycles. The van der Waals surface area contributed by atoms with Crippen LogP contribution in [0.5, 0.6) is 0 Å². The zero-order chi connectivity index (χ0) is 18.0. The first-order valence-corrected chi connectivity index (χ1v) is 9.66. The van der Waals surface area contributed by atoms with E-state index in [-0.39, 0.29) is 5.91 Å². The van der Waals surface area contributed by atoms with Gasteiger partial charge in [-0.05, 0) is 23.6 Å². The summed E-state index contributed by atoms with van der Waals surface area (Å²) in [5.41, 5.74) is 1.00. The van der Waals surface area contributed by atoms with Gasteiger partial charge in [0.15, 0.2) is 11.0 Å². The Morgan fingerprint density at radius 1 is 1.28 bits per heavy atom. The third-order valence-corrected chi connectivity index (χ3v) is 5.27. The maximum absolute atomic E-state index is 12.0. The highest BCUT2D eigenvalue weighted by Gasteiger charge is 2.28. The smallest absolute Gasteiger partial charge is 0.239 e. The Labute approximate surface area is 161 Å². The minimum absolute atomic E-state index is 0.104. The van der Waals surface area contributed by atoms with Crippen molar-refractivity contribution in [3.63, 3.8) is 0 Å². The normalized spacial score (nSPS) is 16.4. The number of amidine groups is 1. The molecule has 0 spiro atoms. The second-order valence-electron chi connectivity index (χ2n) is 6.20. The van der Waals surface area contributed by atoms with Crippen molar-refractivity contribution in [3.05, 3.63) is 46.1 Å². The summed E-state index contributed by atoms with van der Waals surface area (Å²) in [5.74, 6) is 1.52. The molecule has 1 amide bonds. The van der Waals surface area contributed by atoms with Crippen LogP contribution in [0.2, 0.25) is 10.0 Å². The summed E-state index contributed by atoms with van der Waals surface area (Å²) in [6.45, 7) is 5.41. The van der Waals surface area contributed by atoms with Crippen LogP contribution < -0.4 is 0 Å². The second kappa shape index (κ2) is 7.81. The van der Waals surface area contributed by atoms with E-state index in [4.69, 9.17) is 23.2 Å². The Hall–Kier alpha value is -1.50. The number of carbonyl (C=O) groups excluding carboxylic acids is 1. The number of aliphatic imine (C=N–C) groups is 1. The monoisotopic (exact) mass is 396 g/mol. The molecule has 0 N–H and O–H groups in total. The van der Waals surface area contributed by atoms with Crippen molar-refractivity contribution in [1.82, 2.24) is 14.7 Å². The molecular weight excluding hydrogens is 379 g/mol. The maximum Gasteiger partial charge on any atom is 0.239 e. The van der Waals surface area contributed by atoms with Gasteiger partial charge in [0, 0.05) is 18.8 Å². The lowest BCUT2D eigenvalue weighted by Crippen LogP contribution is -2.32. The summed E-state index contributed by atoms with van der Waals surface area (Å²) in [4.78, 5) is 18.3. The summed E-state index contributed by atoms with van der Waals surface area (Å²) in [6, 6.07) is 7.35. The Morgan fingerprint density at radius 2 is 2.08 bits per heavy atom. The number of hydrogen-bond acceptors (Lipinski definition) is 4. The molecule has 0 saturated carbocycles. The van der Waals surface area contributed by atoms with Crippen LogP contribution in [0, 0.1) is 5.92 Å². The number of carbonyl (C=O) groups is 1. The lowest BCUT2D eigenvalue weighted by molar-refractivity contribution is -0.124. The van der Waals surface area contributed by atoms with E-state index in [1.54, 1.807) is 15.6 Å². The molecule has 2 heterocycles. The van der Waals surface area contributed by atoms with Gasteiger partial charge < -0.3 is 0 Å². The Morgan fingerprint density at radius 3 is 2.80 bits per heavy atom. The van der Waals surface area contributed by atoms with Gasteiger partial charge in [-0.2, -0.15) is 5.10 Å². The van der Waals surface area contributed by atoms with Crippen molar-refractivity contribution >= 4 is 51.9 Å². The number of nitrogens with zero attached hydrogens (tertiary/aromatic N) is 4. The van der Waals surface area contributed by atoms with Crippen molar-refractivity contribution < 1.29 is 4.79 Å². The Balaban J connectivity index is 1.74. The summed E-state index contributed by atoms with van der Waals surface area (Å²) in [7, 11) is 0. The quantitative estimate of drug-likeness (QED) is 0.749. The fourth-order valence-electron chi connectivity index (χ4n) is 2.45. The average Bonchev–Trinajstić information content (AvgIpc) is 3.12. The molecule has 1 aromatic carbocycles. The third-order valence-electron chi connectivity index (χ3n) is 3.57. The second-order valence-corrected chi connectivity index (χ2v) is 7.96. The molecule has 8 heteroatoms. The van der Waals surface area contributed by atoms with E-state index in [2.05, 4.69) is 23.9 Å². The largest absolute Gasteiger partial charge is 0.290 e. The van der Waals surface area contributed by atoms with E-state index in [9.17, 15) is 4.79 Å². The zero-order valence-electron chi connectivity index (χ0n) is 13.9. The number of rotatable bonds is 5. The fraction of sp³-hybridized carbons (Fsp3) is 0.353. The molecule has 0 radical (unpaired) electrons. The first-order valence-electron chi connectivity index (χ1n) is 7.91. The maximum atomic E-state index is 12.0. The van der Waals surface area contributed by atoms with Gasteiger partial charge in [-0.25, -0.2) is 4.99 Å². The first kappa shape index (κ1) is 18.3. The Kier molecular flexibility index (Phi) is 5.71. The van der Waals surface area contributed by atoms with Crippen molar-refractivity contribution in [2.75, 3.05) is 12.3 Å². The lowest BCUT2D eigenvalue weighted by atomic mass is 10.2. The van der Waals surface area contributed by atoms with Gasteiger partial charge >= 0.3 is 0 Å². The van der Waals surface area contributed by atoms with E-state index in [1.807, 2.05) is 24.4 Å². The molecule has 1 fully saturated rings. The summed E-state index contributed by atoms with van der Waals surface area (Å²) in [6.07, 6.45) is 1.86. The van der Waals surface area contributed by atoms with E-state index in [1.165, 1.54) is 11.8 Å². The molecule has 2 aromatic rings. The van der Waals surface area contributed by atoms with Gasteiger partial charge in [0.1, 0.15) is 0 Å². The predicted octanol–water partition coefficient (Wildman–Crippen LogP) is 4.46. The number of aromatic nitrogens is 2. The van der Waals surface area contributed by atoms with Crippen LogP contribution >= 0.6 is 35.0 Å². The summed E-state index contributed by atoms with van der Waals surface area (Å²) in [5, 5.41) is 6.24. The van der Waals surface area contributed by atoms with Crippen molar-refractivity contribution in [2.45, 2.75) is 20.4 Å². The molecule has 1 saturated heterocycles. The highest BCUT2D eigenvalue weighted by atomic mass is 35.5. The Bertz CT molecular complexity index is 819. The van der Waals surface area contributed by atoms with Gasteiger partial charge in [0.2, 0.25) is 5.91 Å². The first-order chi connectivity index (χ1) is 11.9. The van der Waals surface area contributed by atoms with E-state index >= 15 is 0 Å². The van der Waals surface area contributed by atoms with Gasteiger partial charge in [0.05, 0.1) is 22.3 Å². The van der Waals surface area contributed by atoms with E-state index < -0.39 is 0 Å². The number of thioether (sulfide) groups is 1. The minimum atomic E-state index is 0.104. The average molecular weight is 397 g/mol. The molecule has 0 bridgehead atoms. The third kappa shape index (κ3) is 4.57. The van der Waals surface area contributed by atoms with Gasteiger partial charge in [-0.15, -0.1) is 0 Å². The predicted molar refractivity (Wildman–Crippen MR) is 104 cm³/mol. The van der Waals surface area contributed by atoms with Gasteiger partial charge in [-0.3, -0.25) is 14.4 Å². The van der Waals surface area contributed by atoms with Crippen molar-refractivity contribution in [1.29, 1.82) is 0 Å². The number of halogens is 2. The molecule has 5 nitrogen and oxygen atoms in total. The number of amides is 1. The standard InChI is InChI=1S/C17H18Cl2N4OS/c1-11(2)8-23-16(24)10-25-17(23)20-15-5-6-22(21-15)9-12-3-4-13(18)14(19)7-12/h3-7,11H,8-10H2,1-2H3. The summed E-state index contributed by atoms with van der Waals surface area (Å²) < 4.78 is 1.78. The topological polar surface area (TPSA) is 50.5 Å². The number of hydrogen-bond donors (Lipinski definition) is 0. The van der Waals surface area contributed by atoms with E-state index in [0.29, 0.717) is 40.6 Å². The van der Waals surface area contributed by atoms with Gasteiger partial charge in [0.25, 0.3) is 0 Å². The number of benzene rings is 1. The molecule has 132 valence electrons. The van der Waals surface area contributed by atoms with Crippen LogP contribution in [-0.4, -0.2) is 38.1 Å². The van der Waals surface area contributed by atoms with Crippen LogP contribution in [0.3, 0.4) is 0 Å². The zero-order valence-corrected chi connectivity index (χ0v) is 16.3. The van der Waals surface area contributed by atoms with Crippen LogP contribution in [0.15, 0.2) is 35.5 Å². The highest BCUT2D eigenvalue weighted by molar-refractivity contribution is 8.15. The summed E-state index contributed by atoms with van der Waals surface area (Å²) >= 11 is 13.4. The molecule has 1 aliphatic heterocycles. The fourth-order valence-corrected chi connectivity index (χ4v) is 3.67. The molecular formula is C17H18Cl2N4OS. The molecule has 0 atom stereocenters. The molecule has 25 heavy (non-hydrogen) atoms. The SMILES string of the molecule is CC(C)CN1C(=O)CSC1=Nc1ccn(Cc2ccc(Cl)c(Cl)c2)n1. The van der Waals surface area contributed by atoms with Crippen LogP contribution in [0.25, 0.3) is 0 Å². The van der Waals surface area contributed by atoms with Crippen LogP contribution in [-0.2, 0) is 11.3 Å². The molecule has 1 aliphatic rings. The van der Waals surface area contributed by atoms with Crippen LogP contribution in [0.4, 0.5) is 5.82 Å². The van der Waals surface area contributed by atoms with E-state index in [0.717, 1.165) is 10.7 Å². The minimum Gasteiger partial charge on any atom is -0.290 e. The molecule has 0 unspecified atom stereocenters. The van der Waals surface area contributed by atoms with Crippen molar-refractivity contribution in [3.8, 4) is 0 Å². The van der Waals surface area contributed by atoms with Gasteiger partial charge in [-0.1, -0.05) is 54.9 Å². The lowest BCUT2D eigenvalue weighted by Gasteiger charge is -2.17.